The lowest BCUT2D eigenvalue weighted by Crippen LogP contribution is -2.35. The highest BCUT2D eigenvalue weighted by Gasteiger charge is 2.24. The van der Waals surface area contributed by atoms with Crippen molar-refractivity contribution in [2.75, 3.05) is 16.8 Å². The molecule has 0 aliphatic carbocycles. The molecule has 0 saturated carbocycles. The zero-order valence-corrected chi connectivity index (χ0v) is 16.8. The smallest absolute Gasteiger partial charge is 0.268 e. The molecule has 28 heavy (non-hydrogen) atoms. The quantitative estimate of drug-likeness (QED) is 0.667. The molecule has 4 rings (SSSR count). The van der Waals surface area contributed by atoms with Gasteiger partial charge in [0.2, 0.25) is 0 Å². The summed E-state index contributed by atoms with van der Waals surface area (Å²) < 4.78 is 0. The maximum atomic E-state index is 12.8. The molecule has 0 spiro atoms. The number of anilines is 2. The third-order valence-electron chi connectivity index (χ3n) is 5.20. The number of aryl methyl sites for hydroxylation is 3. The molecular weight excluding hydrogens is 368 g/mol. The molecule has 1 aliphatic heterocycles. The predicted octanol–water partition coefficient (Wildman–Crippen LogP) is 5.21. The first-order valence-corrected chi connectivity index (χ1v) is 10.3. The molecule has 0 radical (unpaired) electrons. The highest BCUT2D eigenvalue weighted by Crippen LogP contribution is 2.31. The lowest BCUT2D eigenvalue weighted by atomic mass is 10.0. The molecule has 142 valence electrons. The van der Waals surface area contributed by atoms with Gasteiger partial charge in [0.05, 0.1) is 4.88 Å². The van der Waals surface area contributed by atoms with E-state index < -0.39 is 0 Å². The van der Waals surface area contributed by atoms with Crippen LogP contribution in [0.4, 0.5) is 11.4 Å². The van der Waals surface area contributed by atoms with Crippen LogP contribution >= 0.6 is 11.3 Å². The lowest BCUT2D eigenvalue weighted by Gasteiger charge is -2.29. The minimum absolute atomic E-state index is 0.0443. The van der Waals surface area contributed by atoms with Crippen molar-refractivity contribution in [3.8, 4) is 0 Å². The number of rotatable bonds is 3. The van der Waals surface area contributed by atoms with Gasteiger partial charge in [-0.2, -0.15) is 0 Å². The van der Waals surface area contributed by atoms with Crippen molar-refractivity contribution in [2.24, 2.45) is 0 Å². The van der Waals surface area contributed by atoms with Gasteiger partial charge in [-0.3, -0.25) is 9.59 Å². The number of hydrogen-bond acceptors (Lipinski definition) is 3. The normalized spacial score (nSPS) is 13.1. The van der Waals surface area contributed by atoms with Crippen molar-refractivity contribution in [1.82, 2.24) is 0 Å². The van der Waals surface area contributed by atoms with Gasteiger partial charge in [0.15, 0.2) is 0 Å². The molecule has 1 aromatic heterocycles. The van der Waals surface area contributed by atoms with E-state index in [4.69, 9.17) is 0 Å². The molecule has 4 nitrogen and oxygen atoms in total. The van der Waals surface area contributed by atoms with Gasteiger partial charge in [-0.05, 0) is 85.2 Å². The number of nitrogens with zero attached hydrogens (tertiary/aromatic N) is 1. The van der Waals surface area contributed by atoms with E-state index in [-0.39, 0.29) is 11.8 Å². The second-order valence-electron chi connectivity index (χ2n) is 7.13. The summed E-state index contributed by atoms with van der Waals surface area (Å²) in [7, 11) is 0. The van der Waals surface area contributed by atoms with E-state index in [1.165, 1.54) is 16.9 Å². The number of hydrogen-bond donors (Lipinski definition) is 1. The molecule has 2 heterocycles. The van der Waals surface area contributed by atoms with Crippen LogP contribution in [0.5, 0.6) is 0 Å². The van der Waals surface area contributed by atoms with E-state index in [2.05, 4.69) is 5.32 Å². The van der Waals surface area contributed by atoms with Crippen LogP contribution < -0.4 is 10.2 Å². The molecule has 3 aromatic rings. The third kappa shape index (κ3) is 3.58. The monoisotopic (exact) mass is 390 g/mol. The van der Waals surface area contributed by atoms with Crippen LogP contribution in [0.15, 0.2) is 53.9 Å². The van der Waals surface area contributed by atoms with Gasteiger partial charge in [-0.15, -0.1) is 11.3 Å². The molecular formula is C23H22N2O2S. The lowest BCUT2D eigenvalue weighted by molar-refractivity contribution is 0.0987. The van der Waals surface area contributed by atoms with Gasteiger partial charge in [-0.25, -0.2) is 0 Å². The van der Waals surface area contributed by atoms with Crippen molar-refractivity contribution in [2.45, 2.75) is 26.7 Å². The topological polar surface area (TPSA) is 49.4 Å². The predicted molar refractivity (Wildman–Crippen MR) is 115 cm³/mol. The van der Waals surface area contributed by atoms with Crippen LogP contribution in [0.25, 0.3) is 0 Å². The Kier molecular flexibility index (Phi) is 5.01. The van der Waals surface area contributed by atoms with Crippen LogP contribution in [0.1, 0.15) is 43.1 Å². The Balaban J connectivity index is 1.56. The van der Waals surface area contributed by atoms with Crippen molar-refractivity contribution >= 4 is 34.5 Å². The second kappa shape index (κ2) is 7.60. The molecule has 0 atom stereocenters. The first kappa shape index (κ1) is 18.4. The summed E-state index contributed by atoms with van der Waals surface area (Å²) in [6.45, 7) is 4.76. The van der Waals surface area contributed by atoms with Gasteiger partial charge < -0.3 is 10.2 Å². The minimum Gasteiger partial charge on any atom is -0.322 e. The SMILES string of the molecule is Cc1ccc(C(=O)Nc2ccc3c(c2)CCCN3C(=O)c2cccs2)cc1C. The number of amides is 2. The molecule has 0 fully saturated rings. The summed E-state index contributed by atoms with van der Waals surface area (Å²) in [6, 6.07) is 15.3. The number of benzene rings is 2. The van der Waals surface area contributed by atoms with Gasteiger partial charge in [0, 0.05) is 23.5 Å². The van der Waals surface area contributed by atoms with E-state index in [0.717, 1.165) is 46.8 Å². The van der Waals surface area contributed by atoms with E-state index in [9.17, 15) is 9.59 Å². The zero-order valence-electron chi connectivity index (χ0n) is 16.0. The van der Waals surface area contributed by atoms with Crippen molar-refractivity contribution < 1.29 is 9.59 Å². The van der Waals surface area contributed by atoms with Crippen LogP contribution in [0.2, 0.25) is 0 Å². The average Bonchev–Trinajstić information content (AvgIpc) is 3.23. The maximum Gasteiger partial charge on any atom is 0.268 e. The molecule has 0 saturated heterocycles. The number of fused-ring (bicyclic) bond motifs is 1. The Labute approximate surface area is 168 Å². The van der Waals surface area contributed by atoms with Gasteiger partial charge in [-0.1, -0.05) is 12.1 Å². The number of carbonyl (C=O) groups is 2. The molecule has 2 amide bonds. The van der Waals surface area contributed by atoms with Crippen molar-refractivity contribution in [3.05, 3.63) is 81.0 Å². The Morgan fingerprint density at radius 3 is 2.64 bits per heavy atom. The summed E-state index contributed by atoms with van der Waals surface area (Å²) in [6.07, 6.45) is 1.82. The molecule has 5 heteroatoms. The summed E-state index contributed by atoms with van der Waals surface area (Å²) in [4.78, 5) is 28.0. The first-order chi connectivity index (χ1) is 13.5. The fourth-order valence-electron chi connectivity index (χ4n) is 3.51. The Morgan fingerprint density at radius 2 is 1.89 bits per heavy atom. The van der Waals surface area contributed by atoms with Crippen LogP contribution in [0, 0.1) is 13.8 Å². The van der Waals surface area contributed by atoms with Crippen molar-refractivity contribution in [3.63, 3.8) is 0 Å². The maximum absolute atomic E-state index is 12.8. The largest absolute Gasteiger partial charge is 0.322 e. The summed E-state index contributed by atoms with van der Waals surface area (Å²) in [5.74, 6) is -0.0757. The minimum atomic E-state index is -0.120. The summed E-state index contributed by atoms with van der Waals surface area (Å²) in [5, 5.41) is 4.91. The van der Waals surface area contributed by atoms with Gasteiger partial charge >= 0.3 is 0 Å². The highest BCUT2D eigenvalue weighted by atomic mass is 32.1. The second-order valence-corrected chi connectivity index (χ2v) is 8.08. The Morgan fingerprint density at radius 1 is 1.04 bits per heavy atom. The standard InChI is InChI=1S/C23H22N2O2S/c1-15-7-8-18(13-16(15)2)22(26)24-19-9-10-20-17(14-19)5-3-11-25(20)23(27)21-6-4-12-28-21/h4,6-10,12-14H,3,5,11H2,1-2H3,(H,24,26). The fraction of sp³-hybridized carbons (Fsp3) is 0.217. The third-order valence-corrected chi connectivity index (χ3v) is 6.06. The average molecular weight is 391 g/mol. The molecule has 0 unspecified atom stereocenters. The van der Waals surface area contributed by atoms with E-state index in [1.54, 1.807) is 0 Å². The number of nitrogens with one attached hydrogen (secondary N) is 1. The summed E-state index contributed by atoms with van der Waals surface area (Å²) in [5.41, 5.74) is 5.70. The van der Waals surface area contributed by atoms with E-state index >= 15 is 0 Å². The Hall–Kier alpha value is -2.92. The first-order valence-electron chi connectivity index (χ1n) is 9.40. The van der Waals surface area contributed by atoms with Crippen molar-refractivity contribution in [1.29, 1.82) is 0 Å². The van der Waals surface area contributed by atoms with Gasteiger partial charge in [0.25, 0.3) is 11.8 Å². The van der Waals surface area contributed by atoms with E-state index in [0.29, 0.717) is 5.56 Å². The molecule has 1 N–H and O–H groups in total. The fourth-order valence-corrected chi connectivity index (χ4v) is 4.18. The molecule has 2 aromatic carbocycles. The zero-order chi connectivity index (χ0) is 19.7. The van der Waals surface area contributed by atoms with Gasteiger partial charge in [0.1, 0.15) is 0 Å². The Bertz CT molecular complexity index is 1040. The summed E-state index contributed by atoms with van der Waals surface area (Å²) >= 11 is 1.46. The highest BCUT2D eigenvalue weighted by molar-refractivity contribution is 7.12. The van der Waals surface area contributed by atoms with Crippen LogP contribution in [-0.2, 0) is 6.42 Å². The van der Waals surface area contributed by atoms with E-state index in [1.807, 2.05) is 72.7 Å². The number of thiophene rings is 1. The van der Waals surface area contributed by atoms with Crippen LogP contribution in [0.3, 0.4) is 0 Å². The molecule has 1 aliphatic rings. The number of carbonyl (C=O) groups excluding carboxylic acids is 2. The van der Waals surface area contributed by atoms with Crippen LogP contribution in [-0.4, -0.2) is 18.4 Å². The molecule has 0 bridgehead atoms.